The molecular formula is C18H34IN5O2. The zero-order valence-electron chi connectivity index (χ0n) is 17.3. The third-order valence-corrected chi connectivity index (χ3v) is 3.25. The first-order chi connectivity index (χ1) is 11.4. The predicted molar refractivity (Wildman–Crippen MR) is 116 cm³/mol. The number of guanidine groups is 1. The first kappa shape index (κ1) is 24.7. The summed E-state index contributed by atoms with van der Waals surface area (Å²) in [6.07, 6.45) is 1.75. The second kappa shape index (κ2) is 10.1. The number of carbonyl (C=O) groups is 1. The largest absolute Gasteiger partial charge is 0.443 e. The Labute approximate surface area is 174 Å². The molecule has 0 fully saturated rings. The standard InChI is InChI=1S/C18H33N5O2.HI/c1-9-19-16(23(8)12-14(24)22-18(5,6)7)21-11-15-20-10-13(25-15)17(2,3)4;/h10H,9,11-12H2,1-8H3,(H,19,21)(H,22,24);1H. The number of hydrogen-bond donors (Lipinski definition) is 2. The highest BCUT2D eigenvalue weighted by atomic mass is 127. The number of aliphatic imine (C=N–C) groups is 1. The number of halogens is 1. The van der Waals surface area contributed by atoms with Crippen molar-refractivity contribution in [3.8, 4) is 0 Å². The second-order valence-corrected chi connectivity index (χ2v) is 8.19. The van der Waals surface area contributed by atoms with E-state index in [2.05, 4.69) is 41.4 Å². The molecule has 0 bridgehead atoms. The maximum atomic E-state index is 12.1. The summed E-state index contributed by atoms with van der Waals surface area (Å²) in [7, 11) is 1.83. The van der Waals surface area contributed by atoms with Crippen LogP contribution in [-0.2, 0) is 16.8 Å². The van der Waals surface area contributed by atoms with E-state index in [9.17, 15) is 4.79 Å². The molecule has 1 amide bonds. The minimum Gasteiger partial charge on any atom is -0.443 e. The Hall–Kier alpha value is -1.32. The van der Waals surface area contributed by atoms with Crippen LogP contribution in [0, 0.1) is 0 Å². The predicted octanol–water partition coefficient (Wildman–Crippen LogP) is 2.90. The molecule has 0 aliphatic rings. The van der Waals surface area contributed by atoms with Crippen molar-refractivity contribution in [2.24, 2.45) is 4.99 Å². The van der Waals surface area contributed by atoms with E-state index >= 15 is 0 Å². The highest BCUT2D eigenvalue weighted by Crippen LogP contribution is 2.22. The number of nitrogens with zero attached hydrogens (tertiary/aromatic N) is 3. The van der Waals surface area contributed by atoms with Crippen molar-refractivity contribution in [2.75, 3.05) is 20.1 Å². The lowest BCUT2D eigenvalue weighted by atomic mass is 9.94. The monoisotopic (exact) mass is 479 g/mol. The summed E-state index contributed by atoms with van der Waals surface area (Å²) in [4.78, 5) is 22.7. The highest BCUT2D eigenvalue weighted by Gasteiger charge is 2.20. The minimum atomic E-state index is -0.255. The summed E-state index contributed by atoms with van der Waals surface area (Å²) >= 11 is 0. The SMILES string of the molecule is CCNC(=NCc1ncc(C(C)(C)C)o1)N(C)CC(=O)NC(C)(C)C.I. The molecule has 0 spiro atoms. The van der Waals surface area contributed by atoms with E-state index in [4.69, 9.17) is 4.42 Å². The Morgan fingerprint density at radius 3 is 2.35 bits per heavy atom. The molecule has 150 valence electrons. The van der Waals surface area contributed by atoms with Crippen LogP contribution < -0.4 is 10.6 Å². The van der Waals surface area contributed by atoms with Crippen LogP contribution in [0.4, 0.5) is 0 Å². The van der Waals surface area contributed by atoms with Crippen LogP contribution in [0.25, 0.3) is 0 Å². The van der Waals surface area contributed by atoms with Gasteiger partial charge in [0.05, 0.1) is 12.7 Å². The Morgan fingerprint density at radius 2 is 1.88 bits per heavy atom. The number of likely N-dealkylation sites (N-methyl/N-ethyl adjacent to an activating group) is 1. The fourth-order valence-electron chi connectivity index (χ4n) is 2.09. The molecule has 0 aliphatic heterocycles. The zero-order valence-corrected chi connectivity index (χ0v) is 19.6. The van der Waals surface area contributed by atoms with Crippen LogP contribution in [0.2, 0.25) is 0 Å². The first-order valence-corrected chi connectivity index (χ1v) is 8.68. The normalized spacial score (nSPS) is 12.4. The van der Waals surface area contributed by atoms with Crippen LogP contribution in [0.1, 0.15) is 60.1 Å². The number of hydrogen-bond acceptors (Lipinski definition) is 4. The quantitative estimate of drug-likeness (QED) is 0.386. The van der Waals surface area contributed by atoms with E-state index in [-0.39, 0.29) is 47.4 Å². The van der Waals surface area contributed by atoms with Crippen LogP contribution in [0.3, 0.4) is 0 Å². The van der Waals surface area contributed by atoms with Gasteiger partial charge in [-0.1, -0.05) is 20.8 Å². The summed E-state index contributed by atoms with van der Waals surface area (Å²) in [5.74, 6) is 1.99. The Bertz CT molecular complexity index is 599. The highest BCUT2D eigenvalue weighted by molar-refractivity contribution is 14.0. The van der Waals surface area contributed by atoms with E-state index < -0.39 is 0 Å². The molecule has 8 heteroatoms. The molecule has 0 radical (unpaired) electrons. The molecular weight excluding hydrogens is 445 g/mol. The molecule has 1 heterocycles. The van der Waals surface area contributed by atoms with Crippen molar-refractivity contribution in [1.29, 1.82) is 0 Å². The van der Waals surface area contributed by atoms with Crippen molar-refractivity contribution in [2.45, 2.75) is 66.0 Å². The van der Waals surface area contributed by atoms with Crippen LogP contribution in [0.15, 0.2) is 15.6 Å². The molecule has 0 saturated heterocycles. The smallest absolute Gasteiger partial charge is 0.240 e. The number of oxazole rings is 1. The van der Waals surface area contributed by atoms with E-state index in [0.717, 1.165) is 5.76 Å². The summed E-state index contributed by atoms with van der Waals surface area (Å²) in [5.41, 5.74) is -0.337. The van der Waals surface area contributed by atoms with Gasteiger partial charge in [0.1, 0.15) is 12.3 Å². The maximum absolute atomic E-state index is 12.1. The van der Waals surface area contributed by atoms with Gasteiger partial charge in [-0.2, -0.15) is 0 Å². The molecule has 0 unspecified atom stereocenters. The summed E-state index contributed by atoms with van der Waals surface area (Å²) < 4.78 is 5.76. The third-order valence-electron chi connectivity index (χ3n) is 3.25. The van der Waals surface area contributed by atoms with Crippen molar-refractivity contribution in [3.05, 3.63) is 17.8 Å². The Morgan fingerprint density at radius 1 is 1.27 bits per heavy atom. The average Bonchev–Trinajstić information content (AvgIpc) is 2.89. The molecule has 0 saturated carbocycles. The molecule has 1 aromatic rings. The molecule has 1 aromatic heterocycles. The van der Waals surface area contributed by atoms with Gasteiger partial charge in [-0.25, -0.2) is 9.98 Å². The van der Waals surface area contributed by atoms with Gasteiger partial charge in [-0.05, 0) is 27.7 Å². The van der Waals surface area contributed by atoms with E-state index in [1.807, 2.05) is 34.7 Å². The number of amides is 1. The van der Waals surface area contributed by atoms with Gasteiger partial charge < -0.3 is 20.0 Å². The number of rotatable bonds is 5. The molecule has 0 aliphatic carbocycles. The van der Waals surface area contributed by atoms with Crippen molar-refractivity contribution >= 4 is 35.8 Å². The zero-order chi connectivity index (χ0) is 19.3. The molecule has 0 atom stereocenters. The Balaban J connectivity index is 0.00000625. The van der Waals surface area contributed by atoms with Gasteiger partial charge >= 0.3 is 0 Å². The summed E-state index contributed by atoms with van der Waals surface area (Å²) in [6.45, 7) is 15.3. The van der Waals surface area contributed by atoms with Gasteiger partial charge in [-0.3, -0.25) is 4.79 Å². The number of carbonyl (C=O) groups excluding carboxylic acids is 1. The van der Waals surface area contributed by atoms with Crippen molar-refractivity contribution in [1.82, 2.24) is 20.5 Å². The van der Waals surface area contributed by atoms with Crippen LogP contribution >= 0.6 is 24.0 Å². The minimum absolute atomic E-state index is 0. The van der Waals surface area contributed by atoms with Gasteiger partial charge in [0, 0.05) is 24.5 Å². The molecule has 26 heavy (non-hydrogen) atoms. The van der Waals surface area contributed by atoms with Gasteiger partial charge in [0.2, 0.25) is 11.8 Å². The van der Waals surface area contributed by atoms with Gasteiger partial charge in [-0.15, -0.1) is 24.0 Å². The summed E-state index contributed by atoms with van der Waals surface area (Å²) in [6, 6.07) is 0. The third kappa shape index (κ3) is 8.86. The van der Waals surface area contributed by atoms with Crippen LogP contribution in [-0.4, -0.2) is 47.4 Å². The van der Waals surface area contributed by atoms with Crippen molar-refractivity contribution < 1.29 is 9.21 Å². The van der Waals surface area contributed by atoms with E-state index in [1.54, 1.807) is 11.1 Å². The Kier molecular flexibility index (Phi) is 9.61. The molecule has 7 nitrogen and oxygen atoms in total. The number of nitrogens with one attached hydrogen (secondary N) is 2. The fourth-order valence-corrected chi connectivity index (χ4v) is 2.09. The van der Waals surface area contributed by atoms with Crippen LogP contribution in [0.5, 0.6) is 0 Å². The van der Waals surface area contributed by atoms with E-state index in [1.165, 1.54) is 0 Å². The second-order valence-electron chi connectivity index (χ2n) is 8.19. The molecule has 0 aromatic carbocycles. The van der Waals surface area contributed by atoms with Gasteiger partial charge in [0.15, 0.2) is 5.96 Å². The van der Waals surface area contributed by atoms with Crippen molar-refractivity contribution in [3.63, 3.8) is 0 Å². The maximum Gasteiger partial charge on any atom is 0.240 e. The lowest BCUT2D eigenvalue weighted by molar-refractivity contribution is -0.122. The number of aromatic nitrogens is 1. The molecule has 2 N–H and O–H groups in total. The van der Waals surface area contributed by atoms with E-state index in [0.29, 0.717) is 24.9 Å². The first-order valence-electron chi connectivity index (χ1n) is 8.68. The lowest BCUT2D eigenvalue weighted by Crippen LogP contribution is -2.48. The fraction of sp³-hybridized carbons (Fsp3) is 0.722. The summed E-state index contributed by atoms with van der Waals surface area (Å²) in [5, 5.41) is 6.13. The average molecular weight is 479 g/mol. The topological polar surface area (TPSA) is 82.8 Å². The molecule has 1 rings (SSSR count). The lowest BCUT2D eigenvalue weighted by Gasteiger charge is -2.25. The van der Waals surface area contributed by atoms with Gasteiger partial charge in [0.25, 0.3) is 0 Å².